The Balaban J connectivity index is 2.99. The number of hydrogen-bond acceptors (Lipinski definition) is 4. The summed E-state index contributed by atoms with van der Waals surface area (Å²) >= 11 is 0. The van der Waals surface area contributed by atoms with E-state index < -0.39 is 15.8 Å². The van der Waals surface area contributed by atoms with Gasteiger partial charge in [-0.3, -0.25) is 0 Å². The fourth-order valence-corrected chi connectivity index (χ4v) is 2.72. The minimum atomic E-state index is -3.60. The summed E-state index contributed by atoms with van der Waals surface area (Å²) in [5.74, 6) is -0.489. The van der Waals surface area contributed by atoms with E-state index in [1.807, 2.05) is 19.0 Å². The van der Waals surface area contributed by atoms with Crippen molar-refractivity contribution in [3.63, 3.8) is 0 Å². The van der Waals surface area contributed by atoms with Crippen molar-refractivity contribution in [1.82, 2.24) is 9.21 Å². The zero-order valence-electron chi connectivity index (χ0n) is 11.4. The van der Waals surface area contributed by atoms with Crippen LogP contribution in [0.3, 0.4) is 0 Å². The van der Waals surface area contributed by atoms with Crippen molar-refractivity contribution in [1.29, 1.82) is 0 Å². The van der Waals surface area contributed by atoms with E-state index in [4.69, 9.17) is 5.73 Å². The average Bonchev–Trinajstić information content (AvgIpc) is 2.35. The third-order valence-corrected chi connectivity index (χ3v) is 4.66. The van der Waals surface area contributed by atoms with E-state index in [1.165, 1.54) is 23.5 Å². The fourth-order valence-electron chi connectivity index (χ4n) is 1.51. The van der Waals surface area contributed by atoms with Crippen LogP contribution in [0.5, 0.6) is 0 Å². The molecule has 0 aromatic heterocycles. The summed E-state index contributed by atoms with van der Waals surface area (Å²) in [5.41, 5.74) is 5.58. The quantitative estimate of drug-likeness (QED) is 0.826. The van der Waals surface area contributed by atoms with E-state index in [-0.39, 0.29) is 17.0 Å². The third-order valence-electron chi connectivity index (χ3n) is 2.81. The maximum atomic E-state index is 13.3. The molecule has 1 aromatic carbocycles. The first-order valence-corrected chi connectivity index (χ1v) is 7.32. The lowest BCUT2D eigenvalue weighted by molar-refractivity contribution is 0.358. The Kier molecular flexibility index (Phi) is 5.42. The predicted octanol–water partition coefficient (Wildman–Crippen LogP) is 0.466. The first-order valence-electron chi connectivity index (χ1n) is 5.88. The van der Waals surface area contributed by atoms with E-state index in [2.05, 4.69) is 0 Å². The molecule has 0 heterocycles. The molecule has 0 spiro atoms. The van der Waals surface area contributed by atoms with Crippen molar-refractivity contribution in [2.24, 2.45) is 5.73 Å². The van der Waals surface area contributed by atoms with Gasteiger partial charge < -0.3 is 10.6 Å². The molecule has 7 heteroatoms. The molecule has 2 N–H and O–H groups in total. The molecule has 0 bridgehead atoms. The molecule has 108 valence electrons. The van der Waals surface area contributed by atoms with Crippen LogP contribution in [-0.2, 0) is 16.6 Å². The van der Waals surface area contributed by atoms with Crippen molar-refractivity contribution in [2.45, 2.75) is 11.4 Å². The normalized spacial score (nSPS) is 12.4. The minimum absolute atomic E-state index is 0.0311. The number of nitrogens with two attached hydrogens (primary N) is 1. The zero-order valence-corrected chi connectivity index (χ0v) is 12.2. The predicted molar refractivity (Wildman–Crippen MR) is 72.7 cm³/mol. The highest BCUT2D eigenvalue weighted by molar-refractivity contribution is 7.89. The Morgan fingerprint density at radius 3 is 2.37 bits per heavy atom. The summed E-state index contributed by atoms with van der Waals surface area (Å²) in [6.07, 6.45) is 0. The zero-order chi connectivity index (χ0) is 14.6. The van der Waals surface area contributed by atoms with Crippen LogP contribution in [0, 0.1) is 5.82 Å². The molecule has 0 saturated carbocycles. The minimum Gasteiger partial charge on any atom is -0.326 e. The third kappa shape index (κ3) is 3.97. The van der Waals surface area contributed by atoms with Crippen LogP contribution in [0.2, 0.25) is 0 Å². The molecule has 0 saturated heterocycles. The van der Waals surface area contributed by atoms with Crippen molar-refractivity contribution in [2.75, 3.05) is 34.2 Å². The Morgan fingerprint density at radius 2 is 1.84 bits per heavy atom. The highest BCUT2D eigenvalue weighted by Crippen LogP contribution is 2.18. The molecule has 0 aliphatic carbocycles. The molecular weight excluding hydrogens is 269 g/mol. The molecule has 0 fully saturated rings. The molecule has 1 aromatic rings. The summed E-state index contributed by atoms with van der Waals surface area (Å²) < 4.78 is 39.1. The van der Waals surface area contributed by atoms with Gasteiger partial charge >= 0.3 is 0 Å². The lowest BCUT2D eigenvalue weighted by Crippen LogP contribution is -2.33. The maximum absolute atomic E-state index is 13.3. The molecule has 0 aliphatic heterocycles. The molecule has 5 nitrogen and oxygen atoms in total. The van der Waals surface area contributed by atoms with E-state index in [1.54, 1.807) is 0 Å². The van der Waals surface area contributed by atoms with Crippen molar-refractivity contribution < 1.29 is 12.8 Å². The molecular formula is C12H20FN3O2S. The van der Waals surface area contributed by atoms with Gasteiger partial charge in [-0.25, -0.2) is 12.8 Å². The average molecular weight is 289 g/mol. The Morgan fingerprint density at radius 1 is 1.21 bits per heavy atom. The van der Waals surface area contributed by atoms with Crippen LogP contribution < -0.4 is 5.73 Å². The smallest absolute Gasteiger partial charge is 0.242 e. The number of benzene rings is 1. The van der Waals surface area contributed by atoms with Crippen LogP contribution in [-0.4, -0.2) is 51.9 Å². The summed E-state index contributed by atoms with van der Waals surface area (Å²) in [5, 5.41) is 0. The Labute approximate surface area is 113 Å². The lowest BCUT2D eigenvalue weighted by atomic mass is 10.2. The Hall–Kier alpha value is -1.02. The van der Waals surface area contributed by atoms with Gasteiger partial charge in [0.05, 0.1) is 4.90 Å². The van der Waals surface area contributed by atoms with Crippen LogP contribution in [0.1, 0.15) is 5.56 Å². The van der Waals surface area contributed by atoms with E-state index >= 15 is 0 Å². The molecule has 0 unspecified atom stereocenters. The van der Waals surface area contributed by atoms with Gasteiger partial charge in [0.25, 0.3) is 0 Å². The van der Waals surface area contributed by atoms with Crippen LogP contribution in [0.15, 0.2) is 23.1 Å². The summed E-state index contributed by atoms with van der Waals surface area (Å²) in [4.78, 5) is 1.96. The number of sulfonamides is 1. The lowest BCUT2D eigenvalue weighted by Gasteiger charge is -2.19. The Bertz CT molecular complexity index is 532. The number of hydrogen-bond donors (Lipinski definition) is 1. The van der Waals surface area contributed by atoms with Crippen molar-refractivity contribution in [3.05, 3.63) is 29.6 Å². The second-order valence-electron chi connectivity index (χ2n) is 4.59. The second kappa shape index (κ2) is 6.42. The standard InChI is InChI=1S/C12H20FN3O2S/c1-15(2)6-7-16(3)19(17,18)11-4-5-12(13)10(8-11)9-14/h4-5,8H,6-7,9,14H2,1-3H3. The molecule has 0 radical (unpaired) electrons. The molecule has 0 atom stereocenters. The SMILES string of the molecule is CN(C)CCN(C)S(=O)(=O)c1ccc(F)c(CN)c1. The van der Waals surface area contributed by atoms with Crippen LogP contribution >= 0.6 is 0 Å². The van der Waals surface area contributed by atoms with E-state index in [0.29, 0.717) is 13.1 Å². The number of likely N-dealkylation sites (N-methyl/N-ethyl adjacent to an activating group) is 2. The maximum Gasteiger partial charge on any atom is 0.242 e. The van der Waals surface area contributed by atoms with Gasteiger partial charge in [0.15, 0.2) is 0 Å². The van der Waals surface area contributed by atoms with Gasteiger partial charge in [-0.1, -0.05) is 0 Å². The van der Waals surface area contributed by atoms with Gasteiger partial charge in [0.2, 0.25) is 10.0 Å². The van der Waals surface area contributed by atoms with Gasteiger partial charge in [0.1, 0.15) is 5.82 Å². The van der Waals surface area contributed by atoms with Gasteiger partial charge in [0, 0.05) is 32.2 Å². The summed E-state index contributed by atoms with van der Waals surface area (Å²) in [6.45, 7) is 0.946. The number of halogens is 1. The first-order chi connectivity index (χ1) is 8.78. The monoisotopic (exact) mass is 289 g/mol. The first kappa shape index (κ1) is 16.0. The second-order valence-corrected chi connectivity index (χ2v) is 6.63. The highest BCUT2D eigenvalue weighted by Gasteiger charge is 2.21. The fraction of sp³-hybridized carbons (Fsp3) is 0.500. The summed E-state index contributed by atoms with van der Waals surface area (Å²) in [6, 6.07) is 3.68. The van der Waals surface area contributed by atoms with Crippen molar-refractivity contribution >= 4 is 10.0 Å². The van der Waals surface area contributed by atoms with Gasteiger partial charge in [-0.05, 0) is 32.3 Å². The molecule has 0 aliphatic rings. The topological polar surface area (TPSA) is 66.6 Å². The van der Waals surface area contributed by atoms with Gasteiger partial charge in [-0.2, -0.15) is 4.31 Å². The van der Waals surface area contributed by atoms with Crippen LogP contribution in [0.25, 0.3) is 0 Å². The largest absolute Gasteiger partial charge is 0.326 e. The van der Waals surface area contributed by atoms with Crippen molar-refractivity contribution in [3.8, 4) is 0 Å². The van der Waals surface area contributed by atoms with Crippen LogP contribution in [0.4, 0.5) is 4.39 Å². The van der Waals surface area contributed by atoms with E-state index in [9.17, 15) is 12.8 Å². The summed E-state index contributed by atoms with van der Waals surface area (Å²) in [7, 11) is 1.64. The molecule has 0 amide bonds. The van der Waals surface area contributed by atoms with E-state index in [0.717, 1.165) is 6.07 Å². The number of rotatable bonds is 6. The molecule has 19 heavy (non-hydrogen) atoms. The van der Waals surface area contributed by atoms with Gasteiger partial charge in [-0.15, -0.1) is 0 Å². The molecule has 1 rings (SSSR count). The number of nitrogens with zero attached hydrogens (tertiary/aromatic N) is 2. The highest BCUT2D eigenvalue weighted by atomic mass is 32.2.